The summed E-state index contributed by atoms with van der Waals surface area (Å²) >= 11 is 0. The van der Waals surface area contributed by atoms with Gasteiger partial charge in [-0.25, -0.2) is 0 Å². The van der Waals surface area contributed by atoms with Crippen molar-refractivity contribution in [3.8, 4) is 5.75 Å². The maximum absolute atomic E-state index is 12.3. The van der Waals surface area contributed by atoms with Crippen molar-refractivity contribution < 1.29 is 9.53 Å². The van der Waals surface area contributed by atoms with Crippen LogP contribution in [0.5, 0.6) is 5.75 Å². The first kappa shape index (κ1) is 14.7. The largest absolute Gasteiger partial charge is 0.496 e. The van der Waals surface area contributed by atoms with Gasteiger partial charge in [0.05, 0.1) is 12.7 Å². The maximum Gasteiger partial charge on any atom is 0.255 e. The molecule has 1 aromatic rings. The lowest BCUT2D eigenvalue weighted by Crippen LogP contribution is -2.37. The van der Waals surface area contributed by atoms with E-state index in [1.165, 1.54) is 19.3 Å². The number of carbonyl (C=O) groups excluding carboxylic acids is 1. The quantitative estimate of drug-likeness (QED) is 0.831. The Hall–Kier alpha value is -1.71. The summed E-state index contributed by atoms with van der Waals surface area (Å²) in [6.45, 7) is 2.24. The van der Waals surface area contributed by atoms with Crippen LogP contribution in [0.15, 0.2) is 18.2 Å². The van der Waals surface area contributed by atoms with Crippen molar-refractivity contribution in [2.45, 2.75) is 45.1 Å². The SMILES string of the molecule is CCC1CCC(NC(=O)c2cc(N)ccc2OC)CC1. The van der Waals surface area contributed by atoms with Gasteiger partial charge in [0.2, 0.25) is 0 Å². The second kappa shape index (κ2) is 6.64. The van der Waals surface area contributed by atoms with Gasteiger partial charge in [-0.05, 0) is 49.8 Å². The fourth-order valence-corrected chi connectivity index (χ4v) is 2.88. The number of anilines is 1. The predicted molar refractivity (Wildman–Crippen MR) is 80.9 cm³/mol. The second-order valence-corrected chi connectivity index (χ2v) is 5.56. The van der Waals surface area contributed by atoms with Crippen molar-refractivity contribution in [2.75, 3.05) is 12.8 Å². The molecule has 4 heteroatoms. The van der Waals surface area contributed by atoms with Crippen molar-refractivity contribution in [1.82, 2.24) is 5.32 Å². The van der Waals surface area contributed by atoms with Crippen LogP contribution in [0.1, 0.15) is 49.4 Å². The minimum Gasteiger partial charge on any atom is -0.496 e. The van der Waals surface area contributed by atoms with E-state index in [0.717, 1.165) is 18.8 Å². The van der Waals surface area contributed by atoms with Gasteiger partial charge in [-0.15, -0.1) is 0 Å². The van der Waals surface area contributed by atoms with E-state index in [9.17, 15) is 4.79 Å². The number of hydrogen-bond acceptors (Lipinski definition) is 3. The van der Waals surface area contributed by atoms with Gasteiger partial charge in [0.25, 0.3) is 5.91 Å². The zero-order valence-corrected chi connectivity index (χ0v) is 12.3. The Morgan fingerprint density at radius 2 is 2.05 bits per heavy atom. The van der Waals surface area contributed by atoms with Gasteiger partial charge in [0, 0.05) is 11.7 Å². The first-order valence-electron chi connectivity index (χ1n) is 7.38. The van der Waals surface area contributed by atoms with Crippen LogP contribution in [0.4, 0.5) is 5.69 Å². The number of nitrogens with two attached hydrogens (primary N) is 1. The first-order chi connectivity index (χ1) is 9.63. The molecular formula is C16H24N2O2. The average Bonchev–Trinajstić information content (AvgIpc) is 2.48. The van der Waals surface area contributed by atoms with Crippen LogP contribution in [0.3, 0.4) is 0 Å². The van der Waals surface area contributed by atoms with Gasteiger partial charge in [-0.1, -0.05) is 13.3 Å². The van der Waals surface area contributed by atoms with Crippen LogP contribution >= 0.6 is 0 Å². The predicted octanol–water partition coefficient (Wildman–Crippen LogP) is 2.98. The molecule has 1 saturated carbocycles. The number of hydrogen-bond donors (Lipinski definition) is 2. The number of benzene rings is 1. The van der Waals surface area contributed by atoms with E-state index in [1.807, 2.05) is 0 Å². The van der Waals surface area contributed by atoms with Crippen LogP contribution in [-0.2, 0) is 0 Å². The summed E-state index contributed by atoms with van der Waals surface area (Å²) in [5.41, 5.74) is 6.85. The smallest absolute Gasteiger partial charge is 0.255 e. The molecule has 0 heterocycles. The number of methoxy groups -OCH3 is 1. The van der Waals surface area contributed by atoms with E-state index in [-0.39, 0.29) is 11.9 Å². The van der Waals surface area contributed by atoms with Crippen LogP contribution in [0.25, 0.3) is 0 Å². The number of ether oxygens (including phenoxy) is 1. The standard InChI is InChI=1S/C16H24N2O2/c1-3-11-4-7-13(8-5-11)18-16(19)14-10-12(17)6-9-15(14)20-2/h6,9-11,13H,3-5,7-8,17H2,1-2H3,(H,18,19). The van der Waals surface area contributed by atoms with E-state index in [4.69, 9.17) is 10.5 Å². The van der Waals surface area contributed by atoms with Crippen LogP contribution in [0, 0.1) is 5.92 Å². The fourth-order valence-electron chi connectivity index (χ4n) is 2.88. The van der Waals surface area contributed by atoms with Gasteiger partial charge >= 0.3 is 0 Å². The Balaban J connectivity index is 2.00. The molecule has 1 amide bonds. The Morgan fingerprint density at radius 1 is 1.35 bits per heavy atom. The average molecular weight is 276 g/mol. The van der Waals surface area contributed by atoms with Crippen molar-refractivity contribution >= 4 is 11.6 Å². The summed E-state index contributed by atoms with van der Waals surface area (Å²) < 4.78 is 5.23. The van der Waals surface area contributed by atoms with E-state index in [1.54, 1.807) is 25.3 Å². The molecule has 0 bridgehead atoms. The van der Waals surface area contributed by atoms with Gasteiger partial charge < -0.3 is 15.8 Å². The highest BCUT2D eigenvalue weighted by Crippen LogP contribution is 2.27. The molecule has 20 heavy (non-hydrogen) atoms. The Kier molecular flexibility index (Phi) is 4.88. The number of rotatable bonds is 4. The highest BCUT2D eigenvalue weighted by molar-refractivity contribution is 5.98. The molecule has 0 aliphatic heterocycles. The molecule has 0 spiro atoms. The van der Waals surface area contributed by atoms with Crippen LogP contribution in [0.2, 0.25) is 0 Å². The minimum atomic E-state index is -0.0888. The highest BCUT2D eigenvalue weighted by atomic mass is 16.5. The van der Waals surface area contributed by atoms with Crippen molar-refractivity contribution in [1.29, 1.82) is 0 Å². The molecule has 0 radical (unpaired) electrons. The third-order valence-corrected chi connectivity index (χ3v) is 4.23. The molecule has 1 aliphatic carbocycles. The van der Waals surface area contributed by atoms with E-state index >= 15 is 0 Å². The summed E-state index contributed by atoms with van der Waals surface area (Å²) in [5.74, 6) is 1.30. The molecule has 3 N–H and O–H groups in total. The molecule has 0 atom stereocenters. The first-order valence-corrected chi connectivity index (χ1v) is 7.38. The third kappa shape index (κ3) is 3.44. The zero-order chi connectivity index (χ0) is 14.5. The highest BCUT2D eigenvalue weighted by Gasteiger charge is 2.22. The molecule has 1 aliphatic rings. The lowest BCUT2D eigenvalue weighted by molar-refractivity contribution is 0.0918. The molecule has 0 aromatic heterocycles. The van der Waals surface area contributed by atoms with E-state index in [0.29, 0.717) is 17.0 Å². The molecule has 110 valence electrons. The van der Waals surface area contributed by atoms with E-state index in [2.05, 4.69) is 12.2 Å². The van der Waals surface area contributed by atoms with E-state index < -0.39 is 0 Å². The normalized spacial score (nSPS) is 22.3. The molecule has 0 saturated heterocycles. The summed E-state index contributed by atoms with van der Waals surface area (Å²) in [7, 11) is 1.56. The molecule has 0 unspecified atom stereocenters. The van der Waals surface area contributed by atoms with Gasteiger partial charge in [-0.3, -0.25) is 4.79 Å². The zero-order valence-electron chi connectivity index (χ0n) is 12.3. The number of amides is 1. The number of nitrogen functional groups attached to an aromatic ring is 1. The lowest BCUT2D eigenvalue weighted by Gasteiger charge is -2.28. The Bertz CT molecular complexity index is 466. The third-order valence-electron chi connectivity index (χ3n) is 4.23. The molecular weight excluding hydrogens is 252 g/mol. The van der Waals surface area contributed by atoms with Gasteiger partial charge in [-0.2, -0.15) is 0 Å². The Labute approximate surface area is 120 Å². The number of nitrogens with one attached hydrogen (secondary N) is 1. The molecule has 1 aromatic carbocycles. The monoisotopic (exact) mass is 276 g/mol. The van der Waals surface area contributed by atoms with Gasteiger partial charge in [0.1, 0.15) is 5.75 Å². The van der Waals surface area contributed by atoms with Gasteiger partial charge in [0.15, 0.2) is 0 Å². The lowest BCUT2D eigenvalue weighted by atomic mass is 9.84. The fraction of sp³-hybridized carbons (Fsp3) is 0.562. The topological polar surface area (TPSA) is 64.4 Å². The van der Waals surface area contributed by atoms with Crippen molar-refractivity contribution in [3.63, 3.8) is 0 Å². The molecule has 1 fully saturated rings. The molecule has 2 rings (SSSR count). The summed E-state index contributed by atoms with van der Waals surface area (Å²) in [4.78, 5) is 12.3. The summed E-state index contributed by atoms with van der Waals surface area (Å²) in [5, 5.41) is 3.11. The number of carbonyl (C=O) groups is 1. The Morgan fingerprint density at radius 3 is 2.65 bits per heavy atom. The minimum absolute atomic E-state index is 0.0888. The second-order valence-electron chi connectivity index (χ2n) is 5.56. The summed E-state index contributed by atoms with van der Waals surface area (Å²) in [6.07, 6.45) is 5.78. The molecule has 4 nitrogen and oxygen atoms in total. The van der Waals surface area contributed by atoms with Crippen LogP contribution < -0.4 is 15.8 Å². The van der Waals surface area contributed by atoms with Crippen molar-refractivity contribution in [3.05, 3.63) is 23.8 Å². The summed E-state index contributed by atoms with van der Waals surface area (Å²) in [6, 6.07) is 5.42. The van der Waals surface area contributed by atoms with Crippen molar-refractivity contribution in [2.24, 2.45) is 5.92 Å². The van der Waals surface area contributed by atoms with Crippen LogP contribution in [-0.4, -0.2) is 19.1 Å². The maximum atomic E-state index is 12.3.